The van der Waals surface area contributed by atoms with Gasteiger partial charge in [-0.1, -0.05) is 12.1 Å². The quantitative estimate of drug-likeness (QED) is 0.843. The number of piperidine rings is 1. The average molecular weight is 236 g/mol. The molecule has 1 aromatic rings. The number of nitrogens with one attached hydrogen (secondary N) is 2. The zero-order valence-electron chi connectivity index (χ0n) is 10.6. The van der Waals surface area contributed by atoms with Crippen molar-refractivity contribution in [2.45, 2.75) is 38.4 Å². The molecule has 0 amide bonds. The third-order valence-corrected chi connectivity index (χ3v) is 3.28. The highest BCUT2D eigenvalue weighted by molar-refractivity contribution is 5.46. The van der Waals surface area contributed by atoms with E-state index in [4.69, 9.17) is 0 Å². The van der Waals surface area contributed by atoms with Gasteiger partial charge in [-0.25, -0.2) is 4.39 Å². The summed E-state index contributed by atoms with van der Waals surface area (Å²) in [5.41, 5.74) is 0.561. The minimum Gasteiger partial charge on any atom is -0.382 e. The summed E-state index contributed by atoms with van der Waals surface area (Å²) < 4.78 is 13.7. The van der Waals surface area contributed by atoms with Crippen molar-refractivity contribution in [1.29, 1.82) is 0 Å². The van der Waals surface area contributed by atoms with Crippen molar-refractivity contribution < 1.29 is 4.39 Å². The predicted octanol–water partition coefficient (Wildman–Crippen LogP) is 3.06. The average Bonchev–Trinajstić information content (AvgIpc) is 2.30. The standard InChI is InChI=1S/C14H21FN2/c1-14(2,15)11-3-5-12(6-4-11)17-13-7-9-16-10-8-13/h3-6,13,16-17H,7-10H2,1-2H3. The topological polar surface area (TPSA) is 24.1 Å². The van der Waals surface area contributed by atoms with Gasteiger partial charge < -0.3 is 10.6 Å². The maximum Gasteiger partial charge on any atom is 0.130 e. The van der Waals surface area contributed by atoms with Crippen molar-refractivity contribution in [2.24, 2.45) is 0 Å². The van der Waals surface area contributed by atoms with Crippen LogP contribution in [0.2, 0.25) is 0 Å². The predicted molar refractivity (Wildman–Crippen MR) is 70.1 cm³/mol. The summed E-state index contributed by atoms with van der Waals surface area (Å²) in [6, 6.07) is 8.21. The Morgan fingerprint density at radius 1 is 1.18 bits per heavy atom. The highest BCUT2D eigenvalue weighted by Crippen LogP contribution is 2.26. The van der Waals surface area contributed by atoms with Gasteiger partial charge in [0, 0.05) is 11.7 Å². The summed E-state index contributed by atoms with van der Waals surface area (Å²) >= 11 is 0. The number of anilines is 1. The molecular formula is C14H21FN2. The first-order valence-corrected chi connectivity index (χ1v) is 6.32. The molecule has 2 N–H and O–H groups in total. The Hall–Kier alpha value is -1.09. The maximum absolute atomic E-state index is 13.7. The van der Waals surface area contributed by atoms with Gasteiger partial charge in [-0.05, 0) is 57.5 Å². The molecule has 1 heterocycles. The van der Waals surface area contributed by atoms with Gasteiger partial charge in [0.2, 0.25) is 0 Å². The van der Waals surface area contributed by atoms with Crippen LogP contribution < -0.4 is 10.6 Å². The molecule has 17 heavy (non-hydrogen) atoms. The van der Waals surface area contributed by atoms with E-state index in [1.165, 1.54) is 0 Å². The Balaban J connectivity index is 1.98. The van der Waals surface area contributed by atoms with Gasteiger partial charge in [-0.15, -0.1) is 0 Å². The zero-order valence-corrected chi connectivity index (χ0v) is 10.6. The molecule has 1 aliphatic rings. The Morgan fingerprint density at radius 2 is 1.76 bits per heavy atom. The van der Waals surface area contributed by atoms with Crippen LogP contribution in [0.25, 0.3) is 0 Å². The van der Waals surface area contributed by atoms with E-state index in [1.54, 1.807) is 13.8 Å². The van der Waals surface area contributed by atoms with Gasteiger partial charge >= 0.3 is 0 Å². The summed E-state index contributed by atoms with van der Waals surface area (Å²) in [5, 5.41) is 6.84. The van der Waals surface area contributed by atoms with Crippen molar-refractivity contribution >= 4 is 5.69 Å². The van der Waals surface area contributed by atoms with E-state index in [0.717, 1.165) is 37.2 Å². The molecule has 0 aromatic heterocycles. The van der Waals surface area contributed by atoms with Gasteiger partial charge in [0.05, 0.1) is 0 Å². The van der Waals surface area contributed by atoms with Crippen LogP contribution >= 0.6 is 0 Å². The van der Waals surface area contributed by atoms with E-state index in [1.807, 2.05) is 24.3 Å². The minimum absolute atomic E-state index is 0.542. The van der Waals surface area contributed by atoms with Crippen molar-refractivity contribution in [3.8, 4) is 0 Å². The lowest BCUT2D eigenvalue weighted by molar-refractivity contribution is 0.221. The van der Waals surface area contributed by atoms with Crippen LogP contribution in [0, 0.1) is 0 Å². The first-order valence-electron chi connectivity index (χ1n) is 6.32. The van der Waals surface area contributed by atoms with Crippen molar-refractivity contribution in [1.82, 2.24) is 5.32 Å². The van der Waals surface area contributed by atoms with Crippen LogP contribution in [0.5, 0.6) is 0 Å². The second kappa shape index (κ2) is 5.05. The molecule has 0 unspecified atom stereocenters. The minimum atomic E-state index is -1.26. The van der Waals surface area contributed by atoms with Crippen LogP contribution in [-0.4, -0.2) is 19.1 Å². The molecule has 1 aromatic carbocycles. The Bertz CT molecular complexity index is 347. The monoisotopic (exact) mass is 236 g/mol. The Morgan fingerprint density at radius 3 is 2.29 bits per heavy atom. The summed E-state index contributed by atoms with van der Waals surface area (Å²) in [5.74, 6) is 0. The second-order valence-corrected chi connectivity index (χ2v) is 5.22. The molecule has 1 saturated heterocycles. The van der Waals surface area contributed by atoms with Gasteiger partial charge in [0.15, 0.2) is 0 Å². The van der Waals surface area contributed by atoms with E-state index in [-0.39, 0.29) is 0 Å². The molecule has 0 bridgehead atoms. The normalized spacial score (nSPS) is 18.1. The fourth-order valence-corrected chi connectivity index (χ4v) is 2.16. The fraction of sp³-hybridized carbons (Fsp3) is 0.571. The third-order valence-electron chi connectivity index (χ3n) is 3.28. The van der Waals surface area contributed by atoms with E-state index in [2.05, 4.69) is 10.6 Å². The molecule has 2 nitrogen and oxygen atoms in total. The largest absolute Gasteiger partial charge is 0.382 e. The molecular weight excluding hydrogens is 215 g/mol. The van der Waals surface area contributed by atoms with Crippen molar-refractivity contribution in [3.63, 3.8) is 0 Å². The molecule has 0 spiro atoms. The summed E-state index contributed by atoms with van der Waals surface area (Å²) in [4.78, 5) is 0. The molecule has 94 valence electrons. The third kappa shape index (κ3) is 3.43. The van der Waals surface area contributed by atoms with Gasteiger partial charge in [0.1, 0.15) is 5.67 Å². The van der Waals surface area contributed by atoms with Gasteiger partial charge in [-0.2, -0.15) is 0 Å². The SMILES string of the molecule is CC(C)(F)c1ccc(NC2CCNCC2)cc1. The number of hydrogen-bond donors (Lipinski definition) is 2. The molecule has 0 atom stereocenters. The molecule has 0 radical (unpaired) electrons. The Labute approximate surface area is 103 Å². The molecule has 1 aliphatic heterocycles. The number of halogens is 1. The van der Waals surface area contributed by atoms with Crippen molar-refractivity contribution in [2.75, 3.05) is 18.4 Å². The molecule has 1 fully saturated rings. The lowest BCUT2D eigenvalue weighted by Crippen LogP contribution is -2.35. The number of rotatable bonds is 3. The molecule has 0 aliphatic carbocycles. The smallest absolute Gasteiger partial charge is 0.130 e. The molecule has 2 rings (SSSR count). The van der Waals surface area contributed by atoms with Crippen LogP contribution in [0.3, 0.4) is 0 Å². The fourth-order valence-electron chi connectivity index (χ4n) is 2.16. The number of alkyl halides is 1. The van der Waals surface area contributed by atoms with Crippen LogP contribution in [0.1, 0.15) is 32.3 Å². The van der Waals surface area contributed by atoms with Crippen LogP contribution in [0.4, 0.5) is 10.1 Å². The lowest BCUT2D eigenvalue weighted by Gasteiger charge is -2.25. The van der Waals surface area contributed by atoms with Crippen LogP contribution in [0.15, 0.2) is 24.3 Å². The second-order valence-electron chi connectivity index (χ2n) is 5.22. The van der Waals surface area contributed by atoms with E-state index in [0.29, 0.717) is 6.04 Å². The van der Waals surface area contributed by atoms with Crippen molar-refractivity contribution in [3.05, 3.63) is 29.8 Å². The summed E-state index contributed by atoms with van der Waals surface area (Å²) in [6.07, 6.45) is 2.30. The van der Waals surface area contributed by atoms with E-state index >= 15 is 0 Å². The summed E-state index contributed by atoms with van der Waals surface area (Å²) in [6.45, 7) is 5.32. The Kier molecular flexibility index (Phi) is 3.67. The maximum atomic E-state index is 13.7. The van der Waals surface area contributed by atoms with E-state index < -0.39 is 5.67 Å². The highest BCUT2D eigenvalue weighted by atomic mass is 19.1. The van der Waals surface area contributed by atoms with Gasteiger partial charge in [-0.3, -0.25) is 0 Å². The zero-order chi connectivity index (χ0) is 12.3. The van der Waals surface area contributed by atoms with Gasteiger partial charge in [0.25, 0.3) is 0 Å². The molecule has 3 heteroatoms. The van der Waals surface area contributed by atoms with E-state index in [9.17, 15) is 4.39 Å². The lowest BCUT2D eigenvalue weighted by atomic mass is 10.00. The molecule has 0 saturated carbocycles. The first kappa shape index (κ1) is 12.4. The number of hydrogen-bond acceptors (Lipinski definition) is 2. The summed E-state index contributed by atoms with van der Waals surface area (Å²) in [7, 11) is 0. The highest BCUT2D eigenvalue weighted by Gasteiger charge is 2.18. The number of benzene rings is 1. The first-order chi connectivity index (χ1) is 8.05. The van der Waals surface area contributed by atoms with Crippen LogP contribution in [-0.2, 0) is 5.67 Å².